The molecule has 1 aromatic carbocycles. The van der Waals surface area contributed by atoms with Gasteiger partial charge in [-0.25, -0.2) is 12.7 Å². The maximum atomic E-state index is 12.7. The van der Waals surface area contributed by atoms with Crippen molar-refractivity contribution in [3.8, 4) is 5.75 Å². The van der Waals surface area contributed by atoms with Crippen LogP contribution in [0.25, 0.3) is 0 Å². The monoisotopic (exact) mass is 346 g/mol. The van der Waals surface area contributed by atoms with Crippen LogP contribution >= 0.6 is 11.6 Å². The number of hydrogen-bond donors (Lipinski definition) is 0. The summed E-state index contributed by atoms with van der Waals surface area (Å²) in [6.45, 7) is 1.57. The van der Waals surface area contributed by atoms with Gasteiger partial charge in [0.2, 0.25) is 10.0 Å². The van der Waals surface area contributed by atoms with Crippen LogP contribution in [0, 0.1) is 0 Å². The SMILES string of the molecule is COc1ccc(Cl)cc1C(=O)N1CCCN(S(C)(=O)=O)CC1. The molecule has 1 saturated heterocycles. The lowest BCUT2D eigenvalue weighted by Crippen LogP contribution is -2.37. The first-order chi connectivity index (χ1) is 10.3. The first-order valence-electron chi connectivity index (χ1n) is 6.91. The van der Waals surface area contributed by atoms with Gasteiger partial charge >= 0.3 is 0 Å². The molecular formula is C14H19ClN2O4S. The number of rotatable bonds is 3. The van der Waals surface area contributed by atoms with E-state index in [0.717, 1.165) is 0 Å². The quantitative estimate of drug-likeness (QED) is 0.831. The van der Waals surface area contributed by atoms with Crippen molar-refractivity contribution in [2.24, 2.45) is 0 Å². The molecule has 22 heavy (non-hydrogen) atoms. The van der Waals surface area contributed by atoms with Gasteiger partial charge in [-0.2, -0.15) is 0 Å². The van der Waals surface area contributed by atoms with Crippen molar-refractivity contribution in [3.05, 3.63) is 28.8 Å². The summed E-state index contributed by atoms with van der Waals surface area (Å²) >= 11 is 5.96. The van der Waals surface area contributed by atoms with Gasteiger partial charge in [-0.1, -0.05) is 11.6 Å². The van der Waals surface area contributed by atoms with E-state index in [2.05, 4.69) is 0 Å². The summed E-state index contributed by atoms with van der Waals surface area (Å²) in [4.78, 5) is 14.3. The van der Waals surface area contributed by atoms with Crippen LogP contribution in [-0.4, -0.2) is 63.1 Å². The highest BCUT2D eigenvalue weighted by Crippen LogP contribution is 2.24. The van der Waals surface area contributed by atoms with Crippen LogP contribution in [0.2, 0.25) is 5.02 Å². The Bertz CT molecular complexity index is 663. The van der Waals surface area contributed by atoms with Gasteiger partial charge in [0.1, 0.15) is 5.75 Å². The molecule has 0 atom stereocenters. The molecule has 0 saturated carbocycles. The maximum Gasteiger partial charge on any atom is 0.257 e. The molecule has 0 aromatic heterocycles. The second-order valence-electron chi connectivity index (χ2n) is 5.15. The zero-order valence-electron chi connectivity index (χ0n) is 12.6. The normalized spacial score (nSPS) is 17.1. The maximum absolute atomic E-state index is 12.7. The Labute approximate surface area is 135 Å². The van der Waals surface area contributed by atoms with Crippen LogP contribution in [-0.2, 0) is 10.0 Å². The lowest BCUT2D eigenvalue weighted by atomic mass is 10.1. The zero-order valence-corrected chi connectivity index (χ0v) is 14.2. The van der Waals surface area contributed by atoms with Gasteiger partial charge in [-0.3, -0.25) is 4.79 Å². The Morgan fingerprint density at radius 2 is 1.95 bits per heavy atom. The fraction of sp³-hybridized carbons (Fsp3) is 0.500. The lowest BCUT2D eigenvalue weighted by Gasteiger charge is -2.22. The summed E-state index contributed by atoms with van der Waals surface area (Å²) in [6.07, 6.45) is 1.78. The van der Waals surface area contributed by atoms with E-state index in [-0.39, 0.29) is 5.91 Å². The highest BCUT2D eigenvalue weighted by atomic mass is 35.5. The summed E-state index contributed by atoms with van der Waals surface area (Å²) in [7, 11) is -1.74. The van der Waals surface area contributed by atoms with Crippen LogP contribution in [0.4, 0.5) is 0 Å². The number of carbonyl (C=O) groups excluding carboxylic acids is 1. The van der Waals surface area contributed by atoms with Gasteiger partial charge in [0.05, 0.1) is 18.9 Å². The molecular weight excluding hydrogens is 328 g/mol. The summed E-state index contributed by atoms with van der Waals surface area (Å²) in [5.41, 5.74) is 0.391. The van der Waals surface area contributed by atoms with Crippen molar-refractivity contribution in [2.75, 3.05) is 39.5 Å². The van der Waals surface area contributed by atoms with E-state index in [4.69, 9.17) is 16.3 Å². The van der Waals surface area contributed by atoms with Crippen LogP contribution in [0.5, 0.6) is 5.75 Å². The molecule has 0 unspecified atom stereocenters. The average Bonchev–Trinajstić information content (AvgIpc) is 2.72. The third kappa shape index (κ3) is 3.91. The van der Waals surface area contributed by atoms with Crippen molar-refractivity contribution in [1.29, 1.82) is 0 Å². The van der Waals surface area contributed by atoms with E-state index in [0.29, 0.717) is 48.9 Å². The topological polar surface area (TPSA) is 66.9 Å². The Kier molecular flexibility index (Phi) is 5.31. The molecule has 1 amide bonds. The highest BCUT2D eigenvalue weighted by Gasteiger charge is 2.26. The minimum atomic E-state index is -3.23. The Balaban J connectivity index is 2.19. The predicted octanol–water partition coefficient (Wildman–Crippen LogP) is 1.46. The van der Waals surface area contributed by atoms with Crippen LogP contribution < -0.4 is 4.74 Å². The second-order valence-corrected chi connectivity index (χ2v) is 7.57. The molecule has 1 fully saturated rings. The van der Waals surface area contributed by atoms with Crippen molar-refractivity contribution < 1.29 is 17.9 Å². The van der Waals surface area contributed by atoms with E-state index in [1.54, 1.807) is 23.1 Å². The zero-order chi connectivity index (χ0) is 16.3. The number of carbonyl (C=O) groups is 1. The molecule has 6 nitrogen and oxygen atoms in total. The Hall–Kier alpha value is -1.31. The van der Waals surface area contributed by atoms with Crippen molar-refractivity contribution in [3.63, 3.8) is 0 Å². The van der Waals surface area contributed by atoms with Crippen molar-refractivity contribution >= 4 is 27.5 Å². The van der Waals surface area contributed by atoms with Gasteiger partial charge < -0.3 is 9.64 Å². The standard InChI is InChI=1S/C14H19ClN2O4S/c1-21-13-5-4-11(15)10-12(13)14(18)16-6-3-7-17(9-8-16)22(2,19)20/h4-5,10H,3,6-9H2,1-2H3. The van der Waals surface area contributed by atoms with Crippen molar-refractivity contribution in [1.82, 2.24) is 9.21 Å². The number of nitrogens with zero attached hydrogens (tertiary/aromatic N) is 2. The number of halogens is 1. The third-order valence-electron chi connectivity index (χ3n) is 3.60. The van der Waals surface area contributed by atoms with Crippen molar-refractivity contribution in [2.45, 2.75) is 6.42 Å². The number of amides is 1. The first kappa shape index (κ1) is 17.1. The molecule has 1 aliphatic rings. The third-order valence-corrected chi connectivity index (χ3v) is 5.14. The summed E-state index contributed by atoms with van der Waals surface area (Å²) in [5, 5.41) is 0.455. The largest absolute Gasteiger partial charge is 0.496 e. The van der Waals surface area contributed by atoms with Crippen LogP contribution in [0.15, 0.2) is 18.2 Å². The van der Waals surface area contributed by atoms with Gasteiger partial charge in [-0.05, 0) is 24.6 Å². The minimum absolute atomic E-state index is 0.199. The molecule has 0 N–H and O–H groups in total. The fourth-order valence-corrected chi connectivity index (χ4v) is 3.49. The van der Waals surface area contributed by atoms with E-state index >= 15 is 0 Å². The van der Waals surface area contributed by atoms with Gasteiger partial charge in [-0.15, -0.1) is 0 Å². The smallest absolute Gasteiger partial charge is 0.257 e. The van der Waals surface area contributed by atoms with Crippen LogP contribution in [0.3, 0.4) is 0 Å². The molecule has 0 radical (unpaired) electrons. The molecule has 8 heteroatoms. The molecule has 1 aromatic rings. The number of sulfonamides is 1. The van der Waals surface area contributed by atoms with Gasteiger partial charge in [0, 0.05) is 31.2 Å². The molecule has 1 aliphatic heterocycles. The second kappa shape index (κ2) is 6.85. The number of benzene rings is 1. The lowest BCUT2D eigenvalue weighted by molar-refractivity contribution is 0.0761. The van der Waals surface area contributed by atoms with Gasteiger partial charge in [0.25, 0.3) is 5.91 Å². The minimum Gasteiger partial charge on any atom is -0.496 e. The summed E-state index contributed by atoms with van der Waals surface area (Å²) in [6, 6.07) is 4.88. The average molecular weight is 347 g/mol. The molecule has 1 heterocycles. The van der Waals surface area contributed by atoms with E-state index in [1.165, 1.54) is 17.7 Å². The molecule has 2 rings (SSSR count). The van der Waals surface area contributed by atoms with Crippen LogP contribution in [0.1, 0.15) is 16.8 Å². The Morgan fingerprint density at radius 1 is 1.23 bits per heavy atom. The van der Waals surface area contributed by atoms with E-state index in [9.17, 15) is 13.2 Å². The van der Waals surface area contributed by atoms with E-state index in [1.807, 2.05) is 0 Å². The Morgan fingerprint density at radius 3 is 2.59 bits per heavy atom. The first-order valence-corrected chi connectivity index (χ1v) is 9.13. The molecule has 0 aliphatic carbocycles. The molecule has 0 spiro atoms. The summed E-state index contributed by atoms with van der Waals surface area (Å²) in [5.74, 6) is 0.258. The molecule has 0 bridgehead atoms. The van der Waals surface area contributed by atoms with E-state index < -0.39 is 10.0 Å². The van der Waals surface area contributed by atoms with Gasteiger partial charge in [0.15, 0.2) is 0 Å². The molecule has 122 valence electrons. The number of methoxy groups -OCH3 is 1. The fourth-order valence-electron chi connectivity index (χ4n) is 2.45. The predicted molar refractivity (Wildman–Crippen MR) is 84.9 cm³/mol. The summed E-state index contributed by atoms with van der Waals surface area (Å²) < 4.78 is 29.8. The number of ether oxygens (including phenoxy) is 1. The highest BCUT2D eigenvalue weighted by molar-refractivity contribution is 7.88. The number of hydrogen-bond acceptors (Lipinski definition) is 4.